The maximum Gasteiger partial charge on any atom is 0.274 e. The van der Waals surface area contributed by atoms with Gasteiger partial charge in [0, 0.05) is 42.3 Å². The van der Waals surface area contributed by atoms with Crippen LogP contribution in [-0.2, 0) is 17.5 Å². The maximum absolute atomic E-state index is 12.8. The van der Waals surface area contributed by atoms with E-state index in [-0.39, 0.29) is 5.56 Å². The molecule has 4 aromatic rings. The van der Waals surface area contributed by atoms with E-state index < -0.39 is 11.5 Å². The SMILES string of the molecule is C=CN(C)/C(=C\N)C(O)(c1ccc(C(=O)NOC)cc1)c1ccc2c(c1)c(-c1cccc(Cl)c1)cc(=O)n2C. The molecule has 1 unspecified atom stereocenters. The molecule has 1 amide bonds. The van der Waals surface area contributed by atoms with Crippen molar-refractivity contribution in [3.63, 3.8) is 0 Å². The minimum atomic E-state index is -1.76. The minimum absolute atomic E-state index is 0.181. The van der Waals surface area contributed by atoms with E-state index in [4.69, 9.17) is 22.2 Å². The third-order valence-corrected chi connectivity index (χ3v) is 6.98. The molecule has 0 saturated carbocycles. The molecule has 4 rings (SSSR count). The van der Waals surface area contributed by atoms with E-state index in [0.717, 1.165) is 10.9 Å². The number of benzene rings is 3. The summed E-state index contributed by atoms with van der Waals surface area (Å²) in [6, 6.07) is 20.6. The Morgan fingerprint density at radius 3 is 2.44 bits per heavy atom. The molecule has 0 aliphatic rings. The van der Waals surface area contributed by atoms with Gasteiger partial charge in [0.05, 0.1) is 18.3 Å². The molecule has 8 nitrogen and oxygen atoms in total. The van der Waals surface area contributed by atoms with Gasteiger partial charge in [-0.25, -0.2) is 5.48 Å². The van der Waals surface area contributed by atoms with Crippen LogP contribution < -0.4 is 16.8 Å². The van der Waals surface area contributed by atoms with Crippen molar-refractivity contribution in [1.82, 2.24) is 14.9 Å². The standard InChI is InChI=1S/C30H29ClN4O4/c1-5-34(2)27(18-32)30(38,21-11-9-19(10-12-21)29(37)33-39-4)22-13-14-26-25(16-22)24(17-28(36)35(26)3)20-7-6-8-23(31)15-20/h5-18,38H,1,32H2,2-4H3,(H,33,37)/b27-18-. The van der Waals surface area contributed by atoms with Crippen LogP contribution >= 0.6 is 11.6 Å². The molecular weight excluding hydrogens is 516 g/mol. The zero-order valence-electron chi connectivity index (χ0n) is 21.8. The van der Waals surface area contributed by atoms with Gasteiger partial charge in [0.25, 0.3) is 11.5 Å². The highest BCUT2D eigenvalue weighted by Gasteiger charge is 2.38. The average Bonchev–Trinajstić information content (AvgIpc) is 2.95. The molecule has 0 aliphatic carbocycles. The third kappa shape index (κ3) is 5.05. The maximum atomic E-state index is 12.8. The number of fused-ring (bicyclic) bond motifs is 1. The fourth-order valence-electron chi connectivity index (χ4n) is 4.65. The molecule has 4 N–H and O–H groups in total. The van der Waals surface area contributed by atoms with E-state index in [0.29, 0.717) is 38.5 Å². The van der Waals surface area contributed by atoms with Gasteiger partial charge >= 0.3 is 0 Å². The monoisotopic (exact) mass is 544 g/mol. The number of rotatable bonds is 8. The number of hydrogen-bond acceptors (Lipinski definition) is 6. The van der Waals surface area contributed by atoms with Crippen molar-refractivity contribution in [2.24, 2.45) is 12.8 Å². The quantitative estimate of drug-likeness (QED) is 0.286. The second kappa shape index (κ2) is 11.2. The molecule has 1 atom stereocenters. The Morgan fingerprint density at radius 1 is 1.13 bits per heavy atom. The molecule has 0 fully saturated rings. The summed E-state index contributed by atoms with van der Waals surface area (Å²) in [5, 5.41) is 13.7. The number of aryl methyl sites for hydroxylation is 1. The minimum Gasteiger partial charge on any atom is -0.403 e. The van der Waals surface area contributed by atoms with Crippen LogP contribution in [0.3, 0.4) is 0 Å². The highest BCUT2D eigenvalue weighted by Crippen LogP contribution is 2.40. The summed E-state index contributed by atoms with van der Waals surface area (Å²) >= 11 is 6.27. The van der Waals surface area contributed by atoms with Gasteiger partial charge < -0.3 is 20.3 Å². The van der Waals surface area contributed by atoms with Gasteiger partial charge in [0.1, 0.15) is 0 Å². The summed E-state index contributed by atoms with van der Waals surface area (Å²) in [7, 11) is 4.76. The van der Waals surface area contributed by atoms with Crippen LogP contribution in [0.1, 0.15) is 21.5 Å². The first kappa shape index (κ1) is 27.7. The van der Waals surface area contributed by atoms with E-state index in [2.05, 4.69) is 12.1 Å². The van der Waals surface area contributed by atoms with Crippen molar-refractivity contribution in [2.75, 3.05) is 14.2 Å². The second-order valence-electron chi connectivity index (χ2n) is 8.97. The van der Waals surface area contributed by atoms with Crippen molar-refractivity contribution in [3.05, 3.63) is 130 Å². The summed E-state index contributed by atoms with van der Waals surface area (Å²) < 4.78 is 1.55. The predicted octanol–water partition coefficient (Wildman–Crippen LogP) is 4.26. The van der Waals surface area contributed by atoms with Gasteiger partial charge in [-0.15, -0.1) is 0 Å². The summed E-state index contributed by atoms with van der Waals surface area (Å²) in [5.41, 5.74) is 10.1. The Morgan fingerprint density at radius 2 is 1.82 bits per heavy atom. The van der Waals surface area contributed by atoms with Gasteiger partial charge in [-0.3, -0.25) is 14.4 Å². The van der Waals surface area contributed by atoms with Crippen LogP contribution in [0.15, 0.2) is 102 Å². The molecule has 3 aromatic carbocycles. The van der Waals surface area contributed by atoms with Crippen LogP contribution in [0.2, 0.25) is 5.02 Å². The number of hydrogen-bond donors (Lipinski definition) is 3. The molecule has 1 aromatic heterocycles. The first-order valence-electron chi connectivity index (χ1n) is 12.0. The number of carbonyl (C=O) groups is 1. The zero-order valence-corrected chi connectivity index (χ0v) is 22.6. The lowest BCUT2D eigenvalue weighted by Gasteiger charge is -2.36. The van der Waals surface area contributed by atoms with Crippen LogP contribution in [0.5, 0.6) is 0 Å². The Balaban J connectivity index is 2.01. The van der Waals surface area contributed by atoms with Crippen molar-refractivity contribution >= 4 is 28.4 Å². The van der Waals surface area contributed by atoms with Crippen molar-refractivity contribution in [2.45, 2.75) is 5.60 Å². The van der Waals surface area contributed by atoms with Crippen LogP contribution in [0.4, 0.5) is 0 Å². The topological polar surface area (TPSA) is 110 Å². The third-order valence-electron chi connectivity index (χ3n) is 6.74. The van der Waals surface area contributed by atoms with Crippen molar-refractivity contribution in [1.29, 1.82) is 0 Å². The van der Waals surface area contributed by atoms with E-state index in [1.807, 2.05) is 18.2 Å². The molecule has 0 bridgehead atoms. The number of likely N-dealkylation sites (N-methyl/N-ethyl adjacent to an activating group) is 1. The van der Waals surface area contributed by atoms with Gasteiger partial charge in [-0.05, 0) is 64.9 Å². The van der Waals surface area contributed by atoms with Gasteiger partial charge in [-0.2, -0.15) is 0 Å². The normalized spacial score (nSPS) is 13.1. The number of hydroxylamine groups is 1. The van der Waals surface area contributed by atoms with Crippen LogP contribution in [0, 0.1) is 0 Å². The average molecular weight is 545 g/mol. The van der Waals surface area contributed by atoms with E-state index in [9.17, 15) is 14.7 Å². The van der Waals surface area contributed by atoms with Crippen molar-refractivity contribution < 1.29 is 14.7 Å². The van der Waals surface area contributed by atoms with Crippen LogP contribution in [0.25, 0.3) is 22.0 Å². The summed E-state index contributed by atoms with van der Waals surface area (Å²) in [4.78, 5) is 31.4. The Bertz CT molecular complexity index is 1650. The number of nitrogens with two attached hydrogens (primary N) is 1. The number of amides is 1. The lowest BCUT2D eigenvalue weighted by molar-refractivity contribution is 0.0537. The molecule has 200 valence electrons. The summed E-state index contributed by atoms with van der Waals surface area (Å²) in [6.07, 6.45) is 2.85. The first-order chi connectivity index (χ1) is 18.6. The first-order valence-corrected chi connectivity index (χ1v) is 12.4. The molecular formula is C30H29ClN4O4. The summed E-state index contributed by atoms with van der Waals surface area (Å²) in [6.45, 7) is 3.82. The molecule has 0 saturated heterocycles. The lowest BCUT2D eigenvalue weighted by atomic mass is 9.81. The Hall–Kier alpha value is -4.37. The smallest absolute Gasteiger partial charge is 0.274 e. The zero-order chi connectivity index (χ0) is 28.3. The lowest BCUT2D eigenvalue weighted by Crippen LogP contribution is -2.37. The van der Waals surface area contributed by atoms with Crippen molar-refractivity contribution in [3.8, 4) is 11.1 Å². The number of carbonyl (C=O) groups excluding carboxylic acids is 1. The van der Waals surface area contributed by atoms with E-state index >= 15 is 0 Å². The van der Waals surface area contributed by atoms with Gasteiger partial charge in [0.15, 0.2) is 5.60 Å². The van der Waals surface area contributed by atoms with Crippen LogP contribution in [-0.4, -0.2) is 34.6 Å². The number of aliphatic hydroxyl groups is 1. The van der Waals surface area contributed by atoms with E-state index in [1.165, 1.54) is 19.5 Å². The number of nitrogens with one attached hydrogen (secondary N) is 1. The molecule has 0 radical (unpaired) electrons. The van der Waals surface area contributed by atoms with Gasteiger partial charge in [-0.1, -0.05) is 48.5 Å². The molecule has 1 heterocycles. The molecule has 0 spiro atoms. The number of nitrogens with zero attached hydrogens (tertiary/aromatic N) is 2. The molecule has 39 heavy (non-hydrogen) atoms. The highest BCUT2D eigenvalue weighted by molar-refractivity contribution is 6.30. The van der Waals surface area contributed by atoms with Gasteiger partial charge in [0.2, 0.25) is 0 Å². The molecule has 9 heteroatoms. The second-order valence-corrected chi connectivity index (χ2v) is 9.40. The van der Waals surface area contributed by atoms with E-state index in [1.54, 1.807) is 78.2 Å². The Kier molecular flexibility index (Phi) is 7.92. The summed E-state index contributed by atoms with van der Waals surface area (Å²) in [5.74, 6) is -0.428. The fourth-order valence-corrected chi connectivity index (χ4v) is 4.84. The number of aromatic nitrogens is 1. The Labute approximate surface area is 231 Å². The predicted molar refractivity (Wildman–Crippen MR) is 154 cm³/mol. The fraction of sp³-hybridized carbons (Fsp3) is 0.133. The number of halogens is 1. The number of pyridine rings is 1. The largest absolute Gasteiger partial charge is 0.403 e. The highest BCUT2D eigenvalue weighted by atomic mass is 35.5. The molecule has 0 aliphatic heterocycles.